The molecule has 1 heterocycles. The Morgan fingerprint density at radius 1 is 1.19 bits per heavy atom. The van der Waals surface area contributed by atoms with E-state index in [0.717, 1.165) is 6.08 Å². The van der Waals surface area contributed by atoms with Gasteiger partial charge in [-0.2, -0.15) is 0 Å². The molecule has 0 radical (unpaired) electrons. The number of aliphatic hydroxyl groups excluding tert-OH is 1. The van der Waals surface area contributed by atoms with Gasteiger partial charge in [-0.25, -0.2) is 4.79 Å². The Bertz CT molecular complexity index is 844. The fourth-order valence-electron chi connectivity index (χ4n) is 2.71. The van der Waals surface area contributed by atoms with E-state index in [4.69, 9.17) is 19.3 Å². The van der Waals surface area contributed by atoms with E-state index in [9.17, 15) is 15.0 Å². The van der Waals surface area contributed by atoms with Crippen molar-refractivity contribution in [2.24, 2.45) is 0 Å². The third-order valence-electron chi connectivity index (χ3n) is 3.97. The average molecular weight is 358 g/mol. The summed E-state index contributed by atoms with van der Waals surface area (Å²) in [7, 11) is 1.44. The molecule has 0 aromatic heterocycles. The Balaban J connectivity index is 1.94. The third kappa shape index (κ3) is 3.57. The van der Waals surface area contributed by atoms with Crippen molar-refractivity contribution >= 4 is 12.0 Å². The average Bonchev–Trinajstić information content (AvgIpc) is 2.65. The smallest absolute Gasteiger partial charge is 0.328 e. The van der Waals surface area contributed by atoms with Gasteiger partial charge in [0, 0.05) is 11.6 Å². The predicted molar refractivity (Wildman–Crippen MR) is 92.6 cm³/mol. The highest BCUT2D eigenvalue weighted by Gasteiger charge is 2.33. The van der Waals surface area contributed by atoms with Gasteiger partial charge in [0.1, 0.15) is 0 Å². The van der Waals surface area contributed by atoms with E-state index in [-0.39, 0.29) is 18.1 Å². The number of aliphatic carboxylic acids is 1. The molecule has 0 aliphatic carbocycles. The standard InChI is InChI=1S/C19H18O7/c1-24-15-9-12(4-5-13(15)21)19-17(10-20)25-14-6-2-11(3-7-18(22)23)8-16(14)26-19/h2-9,17,19-21H,10H2,1H3,(H,22,23)/b7-3+. The number of carboxylic acid groups (broad SMARTS) is 1. The number of aliphatic hydroxyl groups is 1. The second kappa shape index (κ2) is 7.37. The van der Waals surface area contributed by atoms with Crippen LogP contribution >= 0.6 is 0 Å². The maximum Gasteiger partial charge on any atom is 0.328 e. The van der Waals surface area contributed by atoms with Crippen LogP contribution in [0.4, 0.5) is 0 Å². The van der Waals surface area contributed by atoms with E-state index < -0.39 is 18.2 Å². The summed E-state index contributed by atoms with van der Waals surface area (Å²) in [6.45, 7) is -0.270. The molecule has 2 aromatic rings. The summed E-state index contributed by atoms with van der Waals surface area (Å²) in [5.41, 5.74) is 1.30. The maximum absolute atomic E-state index is 10.7. The number of ether oxygens (including phenoxy) is 3. The molecule has 2 aromatic carbocycles. The zero-order valence-electron chi connectivity index (χ0n) is 14.0. The molecule has 2 atom stereocenters. The number of benzene rings is 2. The molecule has 26 heavy (non-hydrogen) atoms. The summed E-state index contributed by atoms with van der Waals surface area (Å²) in [4.78, 5) is 10.7. The normalized spacial score (nSPS) is 18.7. The number of hydrogen-bond donors (Lipinski definition) is 3. The summed E-state index contributed by atoms with van der Waals surface area (Å²) in [6.07, 6.45) is 1.21. The lowest BCUT2D eigenvalue weighted by Crippen LogP contribution is -2.36. The van der Waals surface area contributed by atoms with Crippen LogP contribution in [-0.4, -0.2) is 41.1 Å². The topological polar surface area (TPSA) is 105 Å². The quantitative estimate of drug-likeness (QED) is 0.705. The lowest BCUT2D eigenvalue weighted by atomic mass is 10.0. The molecular weight excluding hydrogens is 340 g/mol. The maximum atomic E-state index is 10.7. The highest BCUT2D eigenvalue weighted by atomic mass is 16.6. The lowest BCUT2D eigenvalue weighted by Gasteiger charge is -2.33. The van der Waals surface area contributed by atoms with E-state index >= 15 is 0 Å². The van der Waals surface area contributed by atoms with Gasteiger partial charge in [0.15, 0.2) is 35.2 Å². The Morgan fingerprint density at radius 2 is 2.00 bits per heavy atom. The SMILES string of the molecule is COc1cc(C2Oc3cc(/C=C/C(=O)O)ccc3OC2CO)ccc1O. The van der Waals surface area contributed by atoms with Gasteiger partial charge >= 0.3 is 5.97 Å². The number of carboxylic acids is 1. The fraction of sp³-hybridized carbons (Fsp3) is 0.211. The minimum atomic E-state index is -1.05. The highest BCUT2D eigenvalue weighted by Crippen LogP contribution is 2.41. The second-order valence-corrected chi connectivity index (χ2v) is 5.69. The molecule has 7 heteroatoms. The van der Waals surface area contributed by atoms with Gasteiger partial charge in [0.25, 0.3) is 0 Å². The van der Waals surface area contributed by atoms with Gasteiger partial charge in [0.05, 0.1) is 13.7 Å². The van der Waals surface area contributed by atoms with Crippen LogP contribution in [0.15, 0.2) is 42.5 Å². The minimum absolute atomic E-state index is 0.00461. The van der Waals surface area contributed by atoms with Crippen LogP contribution in [-0.2, 0) is 4.79 Å². The first-order valence-electron chi connectivity index (χ1n) is 7.88. The van der Waals surface area contributed by atoms with E-state index in [1.54, 1.807) is 30.3 Å². The molecule has 3 N–H and O–H groups in total. The van der Waals surface area contributed by atoms with Crippen LogP contribution in [0.3, 0.4) is 0 Å². The number of aromatic hydroxyl groups is 1. The molecule has 0 bridgehead atoms. The Hall–Kier alpha value is -3.19. The largest absolute Gasteiger partial charge is 0.504 e. The zero-order chi connectivity index (χ0) is 18.7. The molecule has 0 amide bonds. The van der Waals surface area contributed by atoms with Crippen LogP contribution in [0.5, 0.6) is 23.0 Å². The molecule has 136 valence electrons. The Morgan fingerprint density at radius 3 is 2.69 bits per heavy atom. The first-order chi connectivity index (χ1) is 12.5. The van der Waals surface area contributed by atoms with Crippen molar-refractivity contribution in [2.45, 2.75) is 12.2 Å². The van der Waals surface area contributed by atoms with Crippen molar-refractivity contribution < 1.29 is 34.3 Å². The van der Waals surface area contributed by atoms with Crippen molar-refractivity contribution in [3.63, 3.8) is 0 Å². The lowest BCUT2D eigenvalue weighted by molar-refractivity contribution is -0.131. The second-order valence-electron chi connectivity index (χ2n) is 5.69. The summed E-state index contributed by atoms with van der Waals surface area (Å²) in [5, 5.41) is 28.2. The van der Waals surface area contributed by atoms with Crippen LogP contribution in [0.2, 0.25) is 0 Å². The molecule has 7 nitrogen and oxygen atoms in total. The monoisotopic (exact) mass is 358 g/mol. The molecule has 0 spiro atoms. The predicted octanol–water partition coefficient (Wildman–Crippen LogP) is 2.37. The van der Waals surface area contributed by atoms with Crippen molar-refractivity contribution in [3.05, 3.63) is 53.6 Å². The number of phenolic OH excluding ortho intramolecular Hbond substituents is 1. The zero-order valence-corrected chi connectivity index (χ0v) is 14.0. The van der Waals surface area contributed by atoms with E-state index in [2.05, 4.69) is 0 Å². The minimum Gasteiger partial charge on any atom is -0.504 e. The van der Waals surface area contributed by atoms with Crippen molar-refractivity contribution in [2.75, 3.05) is 13.7 Å². The van der Waals surface area contributed by atoms with Gasteiger partial charge in [-0.3, -0.25) is 0 Å². The number of carbonyl (C=O) groups is 1. The molecule has 0 saturated heterocycles. The first-order valence-corrected chi connectivity index (χ1v) is 7.88. The Labute approximate surface area is 149 Å². The van der Waals surface area contributed by atoms with Gasteiger partial charge in [0.2, 0.25) is 0 Å². The van der Waals surface area contributed by atoms with E-state index in [1.807, 2.05) is 0 Å². The molecule has 1 aliphatic heterocycles. The summed E-state index contributed by atoms with van der Waals surface area (Å²) >= 11 is 0. The third-order valence-corrected chi connectivity index (χ3v) is 3.97. The molecule has 3 rings (SSSR count). The molecule has 2 unspecified atom stereocenters. The number of hydrogen-bond acceptors (Lipinski definition) is 6. The van der Waals surface area contributed by atoms with Gasteiger partial charge in [-0.1, -0.05) is 12.1 Å². The number of methoxy groups -OCH3 is 1. The first kappa shape index (κ1) is 17.6. The van der Waals surface area contributed by atoms with Crippen molar-refractivity contribution in [1.29, 1.82) is 0 Å². The van der Waals surface area contributed by atoms with Crippen LogP contribution in [0.25, 0.3) is 6.08 Å². The summed E-state index contributed by atoms with van der Waals surface area (Å²) < 4.78 is 16.9. The van der Waals surface area contributed by atoms with Gasteiger partial charge < -0.3 is 29.5 Å². The number of phenols is 1. The number of fused-ring (bicyclic) bond motifs is 1. The van der Waals surface area contributed by atoms with E-state index in [1.165, 1.54) is 19.3 Å². The van der Waals surface area contributed by atoms with Crippen LogP contribution in [0.1, 0.15) is 17.2 Å². The fourth-order valence-corrected chi connectivity index (χ4v) is 2.71. The molecule has 0 fully saturated rings. The number of rotatable bonds is 5. The van der Waals surface area contributed by atoms with E-state index in [0.29, 0.717) is 22.6 Å². The van der Waals surface area contributed by atoms with Crippen molar-refractivity contribution in [3.8, 4) is 23.0 Å². The summed E-state index contributed by atoms with van der Waals surface area (Å²) in [6, 6.07) is 9.77. The van der Waals surface area contributed by atoms with Crippen LogP contribution < -0.4 is 14.2 Å². The van der Waals surface area contributed by atoms with Gasteiger partial charge in [-0.15, -0.1) is 0 Å². The van der Waals surface area contributed by atoms with Crippen LogP contribution in [0, 0.1) is 0 Å². The highest BCUT2D eigenvalue weighted by molar-refractivity contribution is 5.85. The summed E-state index contributed by atoms with van der Waals surface area (Å²) in [5.74, 6) is 0.119. The Kier molecular flexibility index (Phi) is 4.99. The van der Waals surface area contributed by atoms with Gasteiger partial charge in [-0.05, 0) is 35.9 Å². The molecule has 0 saturated carbocycles. The molecule has 1 aliphatic rings. The van der Waals surface area contributed by atoms with Crippen molar-refractivity contribution in [1.82, 2.24) is 0 Å². The molecular formula is C19H18O7.